The maximum Gasteiger partial charge on any atom is 0.361 e. The minimum atomic E-state index is -0.645. The monoisotopic (exact) mass is 252 g/mol. The van der Waals surface area contributed by atoms with Gasteiger partial charge in [-0.05, 0) is 18.6 Å². The van der Waals surface area contributed by atoms with Gasteiger partial charge in [-0.3, -0.25) is 10.1 Å². The normalized spacial score (nSPS) is 10.9. The lowest BCUT2D eigenvalue weighted by atomic mass is 10.3. The Hall–Kier alpha value is -2.44. The van der Waals surface area contributed by atoms with Crippen molar-refractivity contribution in [1.29, 1.82) is 0 Å². The first-order chi connectivity index (χ1) is 8.58. The Labute approximate surface area is 103 Å². The van der Waals surface area contributed by atoms with Crippen molar-refractivity contribution in [1.82, 2.24) is 0 Å². The first-order valence-corrected chi connectivity index (χ1v) is 5.15. The Morgan fingerprint density at radius 2 is 2.00 bits per heavy atom. The van der Waals surface area contributed by atoms with E-state index in [4.69, 9.17) is 4.74 Å². The van der Waals surface area contributed by atoms with Gasteiger partial charge in [-0.2, -0.15) is 0 Å². The number of oxime groups is 1. The van der Waals surface area contributed by atoms with Gasteiger partial charge in [0, 0.05) is 12.1 Å². The summed E-state index contributed by atoms with van der Waals surface area (Å²) in [7, 11) is 1.33. The zero-order valence-corrected chi connectivity index (χ0v) is 9.95. The highest BCUT2D eigenvalue weighted by molar-refractivity contribution is 6.36. The molecule has 7 nitrogen and oxygen atoms in total. The molecule has 1 aromatic carbocycles. The standard InChI is InChI=1S/C11H12N2O5/c1-3-10(12-17-2)11(14)18-9-6-4-8(5-7-9)13(15)16/h4-7H,3H2,1-2H3. The molecule has 0 saturated carbocycles. The van der Waals surface area contributed by atoms with E-state index in [1.807, 2.05) is 0 Å². The zero-order chi connectivity index (χ0) is 13.5. The molecule has 0 radical (unpaired) electrons. The number of non-ortho nitro benzene ring substituents is 1. The van der Waals surface area contributed by atoms with Gasteiger partial charge in [0.1, 0.15) is 12.9 Å². The van der Waals surface area contributed by atoms with Gasteiger partial charge in [-0.15, -0.1) is 0 Å². The highest BCUT2D eigenvalue weighted by atomic mass is 16.6. The van der Waals surface area contributed by atoms with Crippen LogP contribution in [-0.4, -0.2) is 23.7 Å². The predicted molar refractivity (Wildman–Crippen MR) is 63.5 cm³/mol. The molecule has 0 saturated heterocycles. The molecule has 0 fully saturated rings. The van der Waals surface area contributed by atoms with Crippen molar-refractivity contribution < 1.29 is 19.3 Å². The lowest BCUT2D eigenvalue weighted by Crippen LogP contribution is -2.20. The molecule has 0 bridgehead atoms. The molecule has 1 aromatic rings. The van der Waals surface area contributed by atoms with Crippen LogP contribution in [0.2, 0.25) is 0 Å². The van der Waals surface area contributed by atoms with E-state index in [0.717, 1.165) is 0 Å². The molecule has 96 valence electrons. The van der Waals surface area contributed by atoms with Crippen molar-refractivity contribution in [2.75, 3.05) is 7.11 Å². The summed E-state index contributed by atoms with van der Waals surface area (Å²) < 4.78 is 4.98. The van der Waals surface area contributed by atoms with Crippen molar-refractivity contribution in [2.24, 2.45) is 5.16 Å². The van der Waals surface area contributed by atoms with Crippen LogP contribution in [0.25, 0.3) is 0 Å². The van der Waals surface area contributed by atoms with Gasteiger partial charge in [0.05, 0.1) is 4.92 Å². The van der Waals surface area contributed by atoms with E-state index in [1.54, 1.807) is 6.92 Å². The number of nitrogens with zero attached hydrogens (tertiary/aromatic N) is 2. The Balaban J connectivity index is 2.76. The van der Waals surface area contributed by atoms with Crippen molar-refractivity contribution in [3.05, 3.63) is 34.4 Å². The van der Waals surface area contributed by atoms with Gasteiger partial charge >= 0.3 is 5.97 Å². The van der Waals surface area contributed by atoms with Gasteiger partial charge in [0.25, 0.3) is 5.69 Å². The Morgan fingerprint density at radius 3 is 2.44 bits per heavy atom. The minimum absolute atomic E-state index is 0.0731. The lowest BCUT2D eigenvalue weighted by Gasteiger charge is -2.04. The highest BCUT2D eigenvalue weighted by Gasteiger charge is 2.14. The third-order valence-corrected chi connectivity index (χ3v) is 2.03. The molecule has 7 heteroatoms. The summed E-state index contributed by atoms with van der Waals surface area (Å²) in [4.78, 5) is 26.0. The van der Waals surface area contributed by atoms with Crippen molar-refractivity contribution in [3.63, 3.8) is 0 Å². The molecule has 0 atom stereocenters. The number of nitro benzene ring substituents is 1. The van der Waals surface area contributed by atoms with E-state index in [-0.39, 0.29) is 17.1 Å². The molecule has 0 unspecified atom stereocenters. The predicted octanol–water partition coefficient (Wildman–Crippen LogP) is 1.91. The van der Waals surface area contributed by atoms with Gasteiger partial charge < -0.3 is 9.57 Å². The van der Waals surface area contributed by atoms with Crippen LogP contribution >= 0.6 is 0 Å². The molecule has 0 aliphatic rings. The van der Waals surface area contributed by atoms with Crippen molar-refractivity contribution in [2.45, 2.75) is 13.3 Å². The third-order valence-electron chi connectivity index (χ3n) is 2.03. The summed E-state index contributed by atoms with van der Waals surface area (Å²) in [5.74, 6) is -0.434. The van der Waals surface area contributed by atoms with Crippen LogP contribution < -0.4 is 4.74 Å². The second-order valence-electron chi connectivity index (χ2n) is 3.21. The number of hydrogen-bond acceptors (Lipinski definition) is 6. The highest BCUT2D eigenvalue weighted by Crippen LogP contribution is 2.17. The zero-order valence-electron chi connectivity index (χ0n) is 9.95. The Kier molecular flexibility index (Phi) is 4.79. The summed E-state index contributed by atoms with van der Waals surface area (Å²) in [6.45, 7) is 1.73. The van der Waals surface area contributed by atoms with Gasteiger partial charge in [0.15, 0.2) is 5.71 Å². The van der Waals surface area contributed by atoms with Crippen molar-refractivity contribution in [3.8, 4) is 5.75 Å². The molecule has 0 spiro atoms. The molecule has 18 heavy (non-hydrogen) atoms. The molecule has 1 rings (SSSR count). The average molecular weight is 252 g/mol. The SMILES string of the molecule is CCC(=NOC)C(=O)Oc1ccc([N+](=O)[O-])cc1. The number of esters is 1. The summed E-state index contributed by atoms with van der Waals surface area (Å²) in [5, 5.41) is 14.0. The first kappa shape index (κ1) is 13.6. The molecular weight excluding hydrogens is 240 g/mol. The van der Waals surface area contributed by atoms with E-state index >= 15 is 0 Å². The van der Waals surface area contributed by atoms with Gasteiger partial charge in [0.2, 0.25) is 0 Å². The topological polar surface area (TPSA) is 91.0 Å². The van der Waals surface area contributed by atoms with Gasteiger partial charge in [-0.1, -0.05) is 12.1 Å². The second-order valence-corrected chi connectivity index (χ2v) is 3.21. The molecule has 0 aliphatic carbocycles. The largest absolute Gasteiger partial charge is 0.422 e. The number of hydrogen-bond donors (Lipinski definition) is 0. The quantitative estimate of drug-likeness (QED) is 0.262. The van der Waals surface area contributed by atoms with Crippen LogP contribution in [0.15, 0.2) is 29.4 Å². The van der Waals surface area contributed by atoms with E-state index in [2.05, 4.69) is 9.99 Å². The molecule has 0 aliphatic heterocycles. The van der Waals surface area contributed by atoms with Crippen LogP contribution in [0, 0.1) is 10.1 Å². The van der Waals surface area contributed by atoms with Crippen LogP contribution in [-0.2, 0) is 9.63 Å². The van der Waals surface area contributed by atoms with Crippen LogP contribution in [0.1, 0.15) is 13.3 Å². The molecule has 0 heterocycles. The van der Waals surface area contributed by atoms with E-state index < -0.39 is 10.9 Å². The molecular formula is C11H12N2O5. The molecule has 0 amide bonds. The van der Waals surface area contributed by atoms with Crippen molar-refractivity contribution >= 4 is 17.4 Å². The maximum atomic E-state index is 11.6. The van der Waals surface area contributed by atoms with E-state index in [0.29, 0.717) is 6.42 Å². The summed E-state index contributed by atoms with van der Waals surface area (Å²) in [6, 6.07) is 5.19. The average Bonchev–Trinajstić information content (AvgIpc) is 2.36. The van der Waals surface area contributed by atoms with Crippen LogP contribution in [0.4, 0.5) is 5.69 Å². The Morgan fingerprint density at radius 1 is 1.39 bits per heavy atom. The van der Waals surface area contributed by atoms with Gasteiger partial charge in [-0.25, -0.2) is 4.79 Å². The number of nitro groups is 1. The number of carbonyl (C=O) groups excluding carboxylic acids is 1. The van der Waals surface area contributed by atoms with Crippen LogP contribution in [0.5, 0.6) is 5.75 Å². The fourth-order valence-corrected chi connectivity index (χ4v) is 1.16. The smallest absolute Gasteiger partial charge is 0.361 e. The minimum Gasteiger partial charge on any atom is -0.422 e. The summed E-state index contributed by atoms with van der Waals surface area (Å²) in [5.41, 5.74) is 0.0620. The number of benzene rings is 1. The number of rotatable bonds is 5. The van der Waals surface area contributed by atoms with E-state index in [9.17, 15) is 14.9 Å². The summed E-state index contributed by atoms with van der Waals surface area (Å²) in [6.07, 6.45) is 0.361. The summed E-state index contributed by atoms with van der Waals surface area (Å²) >= 11 is 0. The van der Waals surface area contributed by atoms with Crippen LogP contribution in [0.3, 0.4) is 0 Å². The molecule has 0 N–H and O–H groups in total. The number of ether oxygens (including phenoxy) is 1. The molecule has 0 aromatic heterocycles. The van der Waals surface area contributed by atoms with E-state index in [1.165, 1.54) is 31.4 Å². The maximum absolute atomic E-state index is 11.6. The Bertz CT molecular complexity index is 467. The fourth-order valence-electron chi connectivity index (χ4n) is 1.16. The fraction of sp³-hybridized carbons (Fsp3) is 0.273. The third kappa shape index (κ3) is 3.55. The number of carbonyl (C=O) groups is 1. The second kappa shape index (κ2) is 6.33. The first-order valence-electron chi connectivity index (χ1n) is 5.15. The lowest BCUT2D eigenvalue weighted by molar-refractivity contribution is -0.384.